The first-order valence-electron chi connectivity index (χ1n) is 8.43. The van der Waals surface area contributed by atoms with Crippen molar-refractivity contribution in [2.24, 2.45) is 5.92 Å². The summed E-state index contributed by atoms with van der Waals surface area (Å²) >= 11 is 0. The molecule has 1 saturated carbocycles. The molecule has 0 radical (unpaired) electrons. The van der Waals surface area contributed by atoms with Crippen molar-refractivity contribution < 1.29 is 9.59 Å². The van der Waals surface area contributed by atoms with Gasteiger partial charge in [-0.2, -0.15) is 5.26 Å². The smallest absolute Gasteiger partial charge is 0.252 e. The van der Waals surface area contributed by atoms with Crippen LogP contribution in [-0.4, -0.2) is 40.3 Å². The molecule has 0 spiro atoms. The van der Waals surface area contributed by atoms with Crippen LogP contribution in [0.25, 0.3) is 10.9 Å². The number of aromatic nitrogens is 1. The predicted octanol–water partition coefficient (Wildman–Crippen LogP) is 1.79. The van der Waals surface area contributed by atoms with Gasteiger partial charge in [0.2, 0.25) is 5.91 Å². The molecular formula is C19H18N4O2. The van der Waals surface area contributed by atoms with Gasteiger partial charge >= 0.3 is 0 Å². The fourth-order valence-electron chi connectivity index (χ4n) is 3.73. The average molecular weight is 334 g/mol. The maximum Gasteiger partial charge on any atom is 0.252 e. The van der Waals surface area contributed by atoms with Gasteiger partial charge in [-0.1, -0.05) is 12.1 Å². The van der Waals surface area contributed by atoms with Crippen LogP contribution < -0.4 is 5.32 Å². The highest BCUT2D eigenvalue weighted by molar-refractivity contribution is 6.07. The Labute approximate surface area is 145 Å². The van der Waals surface area contributed by atoms with Crippen LogP contribution in [0.15, 0.2) is 30.5 Å². The van der Waals surface area contributed by atoms with Crippen molar-refractivity contribution in [3.05, 3.63) is 41.6 Å². The van der Waals surface area contributed by atoms with Gasteiger partial charge in [-0.3, -0.25) is 14.6 Å². The quantitative estimate of drug-likeness (QED) is 0.927. The fraction of sp³-hybridized carbons (Fsp3) is 0.368. The van der Waals surface area contributed by atoms with E-state index in [1.165, 1.54) is 0 Å². The van der Waals surface area contributed by atoms with Crippen molar-refractivity contribution in [3.8, 4) is 6.07 Å². The normalized spacial score (nSPS) is 23.8. The molecule has 3 atom stereocenters. The molecule has 0 unspecified atom stereocenters. The summed E-state index contributed by atoms with van der Waals surface area (Å²) in [6.45, 7) is 1.88. The maximum atomic E-state index is 12.5. The van der Waals surface area contributed by atoms with Gasteiger partial charge in [0.15, 0.2) is 0 Å². The van der Waals surface area contributed by atoms with E-state index < -0.39 is 0 Å². The van der Waals surface area contributed by atoms with Crippen LogP contribution in [0.3, 0.4) is 0 Å². The predicted molar refractivity (Wildman–Crippen MR) is 91.6 cm³/mol. The number of benzene rings is 1. The van der Waals surface area contributed by atoms with Gasteiger partial charge in [0.1, 0.15) is 6.04 Å². The molecule has 0 bridgehead atoms. The Hall–Kier alpha value is -2.94. The Morgan fingerprint density at radius 2 is 2.20 bits per heavy atom. The van der Waals surface area contributed by atoms with E-state index in [0.717, 1.165) is 29.3 Å². The highest BCUT2D eigenvalue weighted by Gasteiger charge is 2.53. The number of piperidine rings is 1. The van der Waals surface area contributed by atoms with Crippen LogP contribution >= 0.6 is 0 Å². The number of nitrogens with zero attached hydrogens (tertiary/aromatic N) is 3. The van der Waals surface area contributed by atoms with Gasteiger partial charge in [0, 0.05) is 17.6 Å². The Kier molecular flexibility index (Phi) is 3.65. The summed E-state index contributed by atoms with van der Waals surface area (Å²) in [6, 6.07) is 9.41. The summed E-state index contributed by atoms with van der Waals surface area (Å²) in [7, 11) is 0. The standard InChI is InChI=1S/C19H18N4O2/c1-11-2-3-14-15(4-5-21-16(14)6-11)19(25)22-10-18(24)23-13(9-20)7-12-8-17(12)23/h2-6,12-13,17H,7-8,10H2,1H3,(H,22,25)/t12-,13+,17+/m1/s1. The molecule has 4 rings (SSSR count). The minimum absolute atomic E-state index is 0.0874. The second-order valence-corrected chi connectivity index (χ2v) is 6.81. The first-order chi connectivity index (χ1) is 12.1. The number of aryl methyl sites for hydroxylation is 1. The summed E-state index contributed by atoms with van der Waals surface area (Å²) in [4.78, 5) is 30.9. The average Bonchev–Trinajstić information content (AvgIpc) is 3.28. The van der Waals surface area contributed by atoms with Crippen LogP contribution in [0.5, 0.6) is 0 Å². The Balaban J connectivity index is 1.48. The maximum absolute atomic E-state index is 12.5. The lowest BCUT2D eigenvalue weighted by atomic mass is 10.1. The van der Waals surface area contributed by atoms with E-state index in [4.69, 9.17) is 0 Å². The number of amides is 2. The molecule has 2 aromatic rings. The van der Waals surface area contributed by atoms with Crippen molar-refractivity contribution in [1.29, 1.82) is 5.26 Å². The molecule has 2 heterocycles. The highest BCUT2D eigenvalue weighted by atomic mass is 16.2. The largest absolute Gasteiger partial charge is 0.343 e. The van der Waals surface area contributed by atoms with Crippen molar-refractivity contribution in [2.45, 2.75) is 31.8 Å². The minimum Gasteiger partial charge on any atom is -0.343 e. The van der Waals surface area contributed by atoms with E-state index in [9.17, 15) is 14.9 Å². The molecule has 2 aliphatic rings. The molecule has 2 fully saturated rings. The number of carbonyl (C=O) groups excluding carboxylic acids is 2. The summed E-state index contributed by atoms with van der Waals surface area (Å²) in [5.41, 5.74) is 2.33. The van der Waals surface area contributed by atoms with Crippen LogP contribution in [0.2, 0.25) is 0 Å². The second-order valence-electron chi connectivity index (χ2n) is 6.81. The van der Waals surface area contributed by atoms with E-state index in [2.05, 4.69) is 16.4 Å². The molecule has 1 aliphatic carbocycles. The molecule has 6 nitrogen and oxygen atoms in total. The van der Waals surface area contributed by atoms with Gasteiger partial charge < -0.3 is 10.2 Å². The number of likely N-dealkylation sites (tertiary alicyclic amines) is 1. The molecule has 6 heteroatoms. The van der Waals surface area contributed by atoms with Crippen molar-refractivity contribution in [1.82, 2.24) is 15.2 Å². The van der Waals surface area contributed by atoms with E-state index in [1.807, 2.05) is 25.1 Å². The number of nitriles is 1. The Morgan fingerprint density at radius 3 is 3.00 bits per heavy atom. The third kappa shape index (κ3) is 2.72. The summed E-state index contributed by atoms with van der Waals surface area (Å²) in [6.07, 6.45) is 3.33. The molecule has 25 heavy (non-hydrogen) atoms. The first kappa shape index (κ1) is 15.6. The van der Waals surface area contributed by atoms with E-state index in [-0.39, 0.29) is 30.4 Å². The molecule has 1 aromatic carbocycles. The molecular weight excluding hydrogens is 316 g/mol. The highest BCUT2D eigenvalue weighted by Crippen LogP contribution is 2.47. The third-order valence-corrected chi connectivity index (χ3v) is 5.08. The minimum atomic E-state index is -0.349. The zero-order valence-electron chi connectivity index (χ0n) is 13.9. The summed E-state index contributed by atoms with van der Waals surface area (Å²) < 4.78 is 0. The van der Waals surface area contributed by atoms with Crippen LogP contribution in [0.4, 0.5) is 0 Å². The van der Waals surface area contributed by atoms with E-state index in [1.54, 1.807) is 17.2 Å². The second kappa shape index (κ2) is 5.85. The van der Waals surface area contributed by atoms with Gasteiger partial charge in [-0.25, -0.2) is 0 Å². The van der Waals surface area contributed by atoms with Gasteiger partial charge in [-0.15, -0.1) is 0 Å². The lowest BCUT2D eigenvalue weighted by molar-refractivity contribution is -0.131. The molecule has 1 aromatic heterocycles. The van der Waals surface area contributed by atoms with Crippen molar-refractivity contribution in [2.75, 3.05) is 6.54 Å². The zero-order valence-corrected chi connectivity index (χ0v) is 13.9. The molecule has 1 aliphatic heterocycles. The fourth-order valence-corrected chi connectivity index (χ4v) is 3.73. The lowest BCUT2D eigenvalue weighted by Crippen LogP contribution is -2.44. The molecule has 126 valence electrons. The van der Waals surface area contributed by atoms with Crippen molar-refractivity contribution >= 4 is 22.7 Å². The van der Waals surface area contributed by atoms with Gasteiger partial charge in [0.05, 0.1) is 23.7 Å². The Bertz CT molecular complexity index is 917. The summed E-state index contributed by atoms with van der Waals surface area (Å²) in [5, 5.41) is 12.6. The first-order valence-corrected chi connectivity index (χ1v) is 8.43. The van der Waals surface area contributed by atoms with Gasteiger partial charge in [-0.05, 0) is 43.4 Å². The van der Waals surface area contributed by atoms with E-state index in [0.29, 0.717) is 11.5 Å². The Morgan fingerprint density at radius 1 is 1.36 bits per heavy atom. The third-order valence-electron chi connectivity index (χ3n) is 5.08. The molecule has 1 N–H and O–H groups in total. The zero-order chi connectivity index (χ0) is 17.6. The number of nitrogens with one attached hydrogen (secondary N) is 1. The number of rotatable bonds is 3. The number of pyridine rings is 1. The van der Waals surface area contributed by atoms with Crippen LogP contribution in [0, 0.1) is 24.2 Å². The number of carbonyl (C=O) groups is 2. The number of fused-ring (bicyclic) bond motifs is 2. The number of hydrogen-bond donors (Lipinski definition) is 1. The van der Waals surface area contributed by atoms with Gasteiger partial charge in [0.25, 0.3) is 5.91 Å². The van der Waals surface area contributed by atoms with Crippen LogP contribution in [-0.2, 0) is 4.79 Å². The molecule has 2 amide bonds. The lowest BCUT2D eigenvalue weighted by Gasteiger charge is -2.22. The molecule has 1 saturated heterocycles. The monoisotopic (exact) mass is 334 g/mol. The van der Waals surface area contributed by atoms with Crippen molar-refractivity contribution in [3.63, 3.8) is 0 Å². The number of hydrogen-bond acceptors (Lipinski definition) is 4. The van der Waals surface area contributed by atoms with Crippen LogP contribution in [0.1, 0.15) is 28.8 Å². The summed E-state index contributed by atoms with van der Waals surface area (Å²) in [5.74, 6) is -0.0135. The van der Waals surface area contributed by atoms with E-state index >= 15 is 0 Å². The SMILES string of the molecule is Cc1ccc2c(C(=O)NCC(=O)N3[C@H](C#N)C[C@@H]4C[C@@H]43)ccnc2c1. The topological polar surface area (TPSA) is 86.1 Å².